The molecule has 2 aromatic carbocycles. The number of benzene rings is 2. The summed E-state index contributed by atoms with van der Waals surface area (Å²) in [6, 6.07) is 11.3. The molecule has 0 saturated heterocycles. The van der Waals surface area contributed by atoms with Gasteiger partial charge in [-0.05, 0) is 55.8 Å². The first-order valence-electron chi connectivity index (χ1n) is 6.71. The van der Waals surface area contributed by atoms with E-state index in [2.05, 4.69) is 5.43 Å². The van der Waals surface area contributed by atoms with Crippen LogP contribution in [0.1, 0.15) is 22.8 Å². The van der Waals surface area contributed by atoms with Crippen LogP contribution in [0, 0.1) is 12.7 Å². The molecule has 0 fully saturated rings. The van der Waals surface area contributed by atoms with E-state index in [0.717, 1.165) is 11.3 Å². The fourth-order valence-electron chi connectivity index (χ4n) is 2.23. The van der Waals surface area contributed by atoms with E-state index in [1.165, 1.54) is 12.1 Å². The number of hydrogen-bond donors (Lipinski definition) is 2. The van der Waals surface area contributed by atoms with Gasteiger partial charge in [0.15, 0.2) is 0 Å². The number of hydrazine groups is 1. The number of amides is 1. The van der Waals surface area contributed by atoms with Crippen LogP contribution in [0.5, 0.6) is 0 Å². The molecule has 0 unspecified atom stereocenters. The normalized spacial score (nSPS) is 10.3. The molecule has 4 nitrogen and oxygen atoms in total. The van der Waals surface area contributed by atoms with Crippen molar-refractivity contribution < 1.29 is 9.18 Å². The average molecular weight is 287 g/mol. The van der Waals surface area contributed by atoms with Crippen LogP contribution in [-0.2, 0) is 0 Å². The van der Waals surface area contributed by atoms with Crippen LogP contribution in [0.15, 0.2) is 42.5 Å². The maximum absolute atomic E-state index is 13.3. The van der Waals surface area contributed by atoms with Gasteiger partial charge in [-0.1, -0.05) is 6.07 Å². The van der Waals surface area contributed by atoms with E-state index < -0.39 is 0 Å². The van der Waals surface area contributed by atoms with Gasteiger partial charge in [-0.3, -0.25) is 10.6 Å². The predicted molar refractivity (Wildman–Crippen MR) is 82.7 cm³/mol. The first-order valence-corrected chi connectivity index (χ1v) is 6.71. The van der Waals surface area contributed by atoms with Crippen molar-refractivity contribution in [2.24, 2.45) is 5.84 Å². The summed E-state index contributed by atoms with van der Waals surface area (Å²) in [5, 5.41) is 0. The Kier molecular flexibility index (Phi) is 4.55. The highest BCUT2D eigenvalue weighted by atomic mass is 19.1. The van der Waals surface area contributed by atoms with E-state index in [1.54, 1.807) is 35.2 Å². The molecule has 0 spiro atoms. The molecule has 110 valence electrons. The first-order chi connectivity index (χ1) is 10.1. The summed E-state index contributed by atoms with van der Waals surface area (Å²) < 4.78 is 13.3. The number of nitrogen functional groups attached to an aromatic ring is 1. The van der Waals surface area contributed by atoms with Crippen molar-refractivity contribution in [1.29, 1.82) is 0 Å². The minimum absolute atomic E-state index is 0.163. The number of hydrogen-bond acceptors (Lipinski definition) is 3. The van der Waals surface area contributed by atoms with E-state index in [1.807, 2.05) is 13.8 Å². The van der Waals surface area contributed by atoms with Gasteiger partial charge in [0.05, 0.1) is 0 Å². The minimum atomic E-state index is -0.363. The van der Waals surface area contributed by atoms with Crippen molar-refractivity contribution >= 4 is 17.3 Å². The number of halogens is 1. The molecule has 21 heavy (non-hydrogen) atoms. The molecule has 0 aliphatic carbocycles. The van der Waals surface area contributed by atoms with Crippen molar-refractivity contribution in [2.45, 2.75) is 13.8 Å². The van der Waals surface area contributed by atoms with Gasteiger partial charge in [0.1, 0.15) is 5.82 Å². The number of rotatable bonds is 4. The largest absolute Gasteiger partial charge is 0.324 e. The number of nitrogens with one attached hydrogen (secondary N) is 1. The van der Waals surface area contributed by atoms with Crippen LogP contribution >= 0.6 is 0 Å². The molecule has 0 saturated carbocycles. The van der Waals surface area contributed by atoms with Gasteiger partial charge >= 0.3 is 0 Å². The van der Waals surface area contributed by atoms with Gasteiger partial charge in [0.25, 0.3) is 5.91 Å². The van der Waals surface area contributed by atoms with Crippen LogP contribution in [0.2, 0.25) is 0 Å². The molecule has 0 aliphatic heterocycles. The Hall–Kier alpha value is -2.40. The lowest BCUT2D eigenvalue weighted by molar-refractivity contribution is 0.0987. The van der Waals surface area contributed by atoms with E-state index in [-0.39, 0.29) is 11.7 Å². The molecule has 1 amide bonds. The monoisotopic (exact) mass is 287 g/mol. The second-order valence-corrected chi connectivity index (χ2v) is 4.70. The highest BCUT2D eigenvalue weighted by Crippen LogP contribution is 2.21. The highest BCUT2D eigenvalue weighted by Gasteiger charge is 2.18. The maximum atomic E-state index is 13.3. The standard InChI is InChI=1S/C16H18FN3O/c1-3-20(14-6-4-5-12(17)10-14)16(21)15-8-7-13(19-18)9-11(15)2/h4-10,19H,3,18H2,1-2H3. The summed E-state index contributed by atoms with van der Waals surface area (Å²) in [4.78, 5) is 14.2. The highest BCUT2D eigenvalue weighted by molar-refractivity contribution is 6.07. The van der Waals surface area contributed by atoms with Crippen LogP contribution in [0.25, 0.3) is 0 Å². The number of nitrogens with two attached hydrogens (primary N) is 1. The minimum Gasteiger partial charge on any atom is -0.324 e. The van der Waals surface area contributed by atoms with Gasteiger partial charge in [-0.2, -0.15) is 0 Å². The summed E-state index contributed by atoms with van der Waals surface area (Å²) in [6.45, 7) is 4.15. The topological polar surface area (TPSA) is 58.4 Å². The van der Waals surface area contributed by atoms with Crippen molar-refractivity contribution in [1.82, 2.24) is 0 Å². The summed E-state index contributed by atoms with van der Waals surface area (Å²) in [5.41, 5.74) is 5.20. The lowest BCUT2D eigenvalue weighted by atomic mass is 10.1. The summed E-state index contributed by atoms with van der Waals surface area (Å²) in [7, 11) is 0. The van der Waals surface area contributed by atoms with Crippen molar-refractivity contribution in [2.75, 3.05) is 16.9 Å². The van der Waals surface area contributed by atoms with Crippen LogP contribution < -0.4 is 16.2 Å². The number of carbonyl (C=O) groups is 1. The molecule has 0 bridgehead atoms. The summed E-state index contributed by atoms with van der Waals surface area (Å²) in [5.74, 6) is 4.83. The molecule has 0 atom stereocenters. The Morgan fingerprint density at radius 1 is 1.29 bits per heavy atom. The van der Waals surface area contributed by atoms with Gasteiger partial charge in [-0.25, -0.2) is 4.39 Å². The lowest BCUT2D eigenvalue weighted by Gasteiger charge is -2.22. The maximum Gasteiger partial charge on any atom is 0.258 e. The van der Waals surface area contributed by atoms with Crippen LogP contribution in [0.4, 0.5) is 15.8 Å². The molecule has 3 N–H and O–H groups in total. The zero-order valence-electron chi connectivity index (χ0n) is 12.1. The second-order valence-electron chi connectivity index (χ2n) is 4.70. The molecule has 0 heterocycles. The molecule has 2 aromatic rings. The van der Waals surface area contributed by atoms with Gasteiger partial charge in [0.2, 0.25) is 0 Å². The zero-order chi connectivity index (χ0) is 15.4. The van der Waals surface area contributed by atoms with Gasteiger partial charge < -0.3 is 10.3 Å². The van der Waals surface area contributed by atoms with Gasteiger partial charge in [-0.15, -0.1) is 0 Å². The molecule has 5 heteroatoms. The Morgan fingerprint density at radius 3 is 2.62 bits per heavy atom. The Morgan fingerprint density at radius 2 is 2.05 bits per heavy atom. The lowest BCUT2D eigenvalue weighted by Crippen LogP contribution is -2.31. The average Bonchev–Trinajstić information content (AvgIpc) is 2.47. The molecular weight excluding hydrogens is 269 g/mol. The number of aryl methyl sites for hydroxylation is 1. The van der Waals surface area contributed by atoms with Crippen molar-refractivity contribution in [3.05, 3.63) is 59.4 Å². The Balaban J connectivity index is 2.37. The molecule has 0 radical (unpaired) electrons. The first kappa shape index (κ1) is 15.0. The summed E-state index contributed by atoms with van der Waals surface area (Å²) >= 11 is 0. The predicted octanol–water partition coefficient (Wildman–Crippen LogP) is 3.09. The van der Waals surface area contributed by atoms with Crippen LogP contribution in [-0.4, -0.2) is 12.5 Å². The molecular formula is C16H18FN3O. The Bertz CT molecular complexity index is 658. The fraction of sp³-hybridized carbons (Fsp3) is 0.188. The SMILES string of the molecule is CCN(C(=O)c1ccc(NN)cc1C)c1cccc(F)c1. The molecule has 2 rings (SSSR count). The van der Waals surface area contributed by atoms with Crippen LogP contribution in [0.3, 0.4) is 0 Å². The van der Waals surface area contributed by atoms with Crippen molar-refractivity contribution in [3.8, 4) is 0 Å². The van der Waals surface area contributed by atoms with E-state index in [0.29, 0.717) is 17.8 Å². The quantitative estimate of drug-likeness (QED) is 0.671. The van der Waals surface area contributed by atoms with Crippen molar-refractivity contribution in [3.63, 3.8) is 0 Å². The van der Waals surface area contributed by atoms with Gasteiger partial charge in [0, 0.05) is 23.5 Å². The second kappa shape index (κ2) is 6.37. The third-order valence-electron chi connectivity index (χ3n) is 3.30. The van der Waals surface area contributed by atoms with E-state index >= 15 is 0 Å². The molecule has 0 aromatic heterocycles. The molecule has 0 aliphatic rings. The smallest absolute Gasteiger partial charge is 0.258 e. The zero-order valence-corrected chi connectivity index (χ0v) is 12.1. The number of carbonyl (C=O) groups excluding carboxylic acids is 1. The third-order valence-corrected chi connectivity index (χ3v) is 3.30. The van der Waals surface area contributed by atoms with E-state index in [9.17, 15) is 9.18 Å². The fourth-order valence-corrected chi connectivity index (χ4v) is 2.23. The number of anilines is 2. The Labute approximate surface area is 123 Å². The number of nitrogens with zero attached hydrogens (tertiary/aromatic N) is 1. The summed E-state index contributed by atoms with van der Waals surface area (Å²) in [6.07, 6.45) is 0. The van der Waals surface area contributed by atoms with E-state index in [4.69, 9.17) is 5.84 Å². The third kappa shape index (κ3) is 3.20.